The van der Waals surface area contributed by atoms with Crippen LogP contribution in [0.15, 0.2) is 24.5 Å². The average molecular weight is 254 g/mol. The molecule has 0 unspecified atom stereocenters. The van der Waals surface area contributed by atoms with Crippen molar-refractivity contribution in [3.05, 3.63) is 30.1 Å². The Labute approximate surface area is 105 Å². The van der Waals surface area contributed by atoms with Crippen LogP contribution in [0.4, 0.5) is 8.78 Å². The Hall–Kier alpha value is -1.52. The molecule has 3 nitrogen and oxygen atoms in total. The van der Waals surface area contributed by atoms with Crippen LogP contribution in [0.1, 0.15) is 24.8 Å². The van der Waals surface area contributed by atoms with Crippen molar-refractivity contribution in [2.24, 2.45) is 0 Å². The summed E-state index contributed by atoms with van der Waals surface area (Å²) >= 11 is 0. The normalized spacial score (nSPS) is 18.7. The van der Waals surface area contributed by atoms with E-state index in [1.807, 2.05) is 12.1 Å². The van der Waals surface area contributed by atoms with Crippen LogP contribution in [-0.2, 0) is 11.2 Å². The molecule has 1 saturated heterocycles. The number of nitrogens with zero attached hydrogens (tertiary/aromatic N) is 2. The van der Waals surface area contributed by atoms with Gasteiger partial charge in [-0.3, -0.25) is 9.78 Å². The van der Waals surface area contributed by atoms with Crippen LogP contribution >= 0.6 is 0 Å². The zero-order chi connectivity index (χ0) is 13.0. The molecule has 1 aromatic heterocycles. The maximum Gasteiger partial charge on any atom is 0.251 e. The highest BCUT2D eigenvalue weighted by atomic mass is 19.3. The summed E-state index contributed by atoms with van der Waals surface area (Å²) in [7, 11) is 0. The number of pyridine rings is 1. The standard InChI is InChI=1S/C13H16F2N2O/c14-13(15)5-9-17(10-6-13)12(18)2-1-11-3-7-16-8-4-11/h3-4,7-8H,1-2,5-6,9-10H2. The number of piperidine rings is 1. The number of amides is 1. The molecule has 0 aliphatic carbocycles. The molecule has 18 heavy (non-hydrogen) atoms. The van der Waals surface area contributed by atoms with E-state index in [-0.39, 0.29) is 31.8 Å². The van der Waals surface area contributed by atoms with Gasteiger partial charge in [-0.15, -0.1) is 0 Å². The molecule has 0 aromatic carbocycles. The second-order valence-corrected chi connectivity index (χ2v) is 4.59. The summed E-state index contributed by atoms with van der Waals surface area (Å²) in [4.78, 5) is 17.3. The van der Waals surface area contributed by atoms with Crippen molar-refractivity contribution in [3.63, 3.8) is 0 Å². The van der Waals surface area contributed by atoms with Crippen LogP contribution < -0.4 is 0 Å². The van der Waals surface area contributed by atoms with Crippen LogP contribution in [-0.4, -0.2) is 34.8 Å². The summed E-state index contributed by atoms with van der Waals surface area (Å²) in [6.45, 7) is 0.338. The number of aryl methyl sites for hydroxylation is 1. The lowest BCUT2D eigenvalue weighted by atomic mass is 10.1. The molecule has 1 fully saturated rings. The average Bonchev–Trinajstić information content (AvgIpc) is 2.37. The van der Waals surface area contributed by atoms with E-state index < -0.39 is 5.92 Å². The van der Waals surface area contributed by atoms with Crippen molar-refractivity contribution in [2.75, 3.05) is 13.1 Å². The van der Waals surface area contributed by atoms with Crippen molar-refractivity contribution in [2.45, 2.75) is 31.6 Å². The Balaban J connectivity index is 1.79. The summed E-state index contributed by atoms with van der Waals surface area (Å²) in [5.41, 5.74) is 1.04. The Kier molecular flexibility index (Phi) is 3.89. The van der Waals surface area contributed by atoms with Crippen LogP contribution in [0.5, 0.6) is 0 Å². The quantitative estimate of drug-likeness (QED) is 0.829. The van der Waals surface area contributed by atoms with Crippen molar-refractivity contribution < 1.29 is 13.6 Å². The Morgan fingerprint density at radius 3 is 2.50 bits per heavy atom. The van der Waals surface area contributed by atoms with Gasteiger partial charge in [0.05, 0.1) is 0 Å². The fourth-order valence-corrected chi connectivity index (χ4v) is 2.04. The van der Waals surface area contributed by atoms with Crippen molar-refractivity contribution >= 4 is 5.91 Å². The smallest absolute Gasteiger partial charge is 0.251 e. The van der Waals surface area contributed by atoms with E-state index in [0.717, 1.165) is 5.56 Å². The van der Waals surface area contributed by atoms with E-state index in [1.54, 1.807) is 17.3 Å². The van der Waals surface area contributed by atoms with Crippen molar-refractivity contribution in [1.29, 1.82) is 0 Å². The summed E-state index contributed by atoms with van der Waals surface area (Å²) in [5.74, 6) is -2.63. The van der Waals surface area contributed by atoms with Gasteiger partial charge in [-0.2, -0.15) is 0 Å². The number of rotatable bonds is 3. The Morgan fingerprint density at radius 1 is 1.28 bits per heavy atom. The predicted molar refractivity (Wildman–Crippen MR) is 63.3 cm³/mol. The minimum absolute atomic E-state index is 0.0395. The highest BCUT2D eigenvalue weighted by Gasteiger charge is 2.35. The molecule has 2 heterocycles. The van der Waals surface area contributed by atoms with Gasteiger partial charge in [-0.05, 0) is 24.1 Å². The third kappa shape index (κ3) is 3.48. The zero-order valence-corrected chi connectivity index (χ0v) is 10.1. The van der Waals surface area contributed by atoms with Crippen LogP contribution in [0, 0.1) is 0 Å². The second kappa shape index (κ2) is 5.42. The third-order valence-corrected chi connectivity index (χ3v) is 3.22. The molecule has 5 heteroatoms. The van der Waals surface area contributed by atoms with Gasteiger partial charge in [0.1, 0.15) is 0 Å². The van der Waals surface area contributed by atoms with Gasteiger partial charge < -0.3 is 4.90 Å². The topological polar surface area (TPSA) is 33.2 Å². The molecule has 1 aliphatic heterocycles. The molecule has 98 valence electrons. The van der Waals surface area contributed by atoms with E-state index >= 15 is 0 Å². The van der Waals surface area contributed by atoms with E-state index in [9.17, 15) is 13.6 Å². The molecule has 1 aromatic rings. The van der Waals surface area contributed by atoms with Gasteiger partial charge in [0, 0.05) is 44.7 Å². The maximum absolute atomic E-state index is 12.9. The van der Waals surface area contributed by atoms with E-state index in [4.69, 9.17) is 0 Å². The van der Waals surface area contributed by atoms with Gasteiger partial charge in [-0.1, -0.05) is 0 Å². The number of likely N-dealkylation sites (tertiary alicyclic amines) is 1. The molecular formula is C13H16F2N2O. The number of hydrogen-bond donors (Lipinski definition) is 0. The Morgan fingerprint density at radius 2 is 1.89 bits per heavy atom. The number of carbonyl (C=O) groups is 1. The van der Waals surface area contributed by atoms with Gasteiger partial charge >= 0.3 is 0 Å². The highest BCUT2D eigenvalue weighted by molar-refractivity contribution is 5.76. The molecule has 0 radical (unpaired) electrons. The number of aromatic nitrogens is 1. The first kappa shape index (κ1) is 12.9. The maximum atomic E-state index is 12.9. The van der Waals surface area contributed by atoms with Crippen molar-refractivity contribution in [3.8, 4) is 0 Å². The van der Waals surface area contributed by atoms with Gasteiger partial charge in [0.15, 0.2) is 0 Å². The lowest BCUT2D eigenvalue weighted by Gasteiger charge is -2.31. The molecule has 0 spiro atoms. The summed E-state index contributed by atoms with van der Waals surface area (Å²) < 4.78 is 25.9. The first-order valence-corrected chi connectivity index (χ1v) is 6.11. The molecule has 1 aliphatic rings. The van der Waals surface area contributed by atoms with E-state index in [1.165, 1.54) is 0 Å². The SMILES string of the molecule is O=C(CCc1ccncc1)N1CCC(F)(F)CC1. The second-order valence-electron chi connectivity index (χ2n) is 4.59. The fourth-order valence-electron chi connectivity index (χ4n) is 2.04. The van der Waals surface area contributed by atoms with Crippen LogP contribution in [0.3, 0.4) is 0 Å². The highest BCUT2D eigenvalue weighted by Crippen LogP contribution is 2.27. The molecule has 2 rings (SSSR count). The molecule has 1 amide bonds. The third-order valence-electron chi connectivity index (χ3n) is 3.22. The monoisotopic (exact) mass is 254 g/mol. The predicted octanol–water partition coefficient (Wildman–Crippen LogP) is 2.27. The largest absolute Gasteiger partial charge is 0.342 e. The van der Waals surface area contributed by atoms with Crippen LogP contribution in [0.25, 0.3) is 0 Å². The molecule has 0 atom stereocenters. The summed E-state index contributed by atoms with van der Waals surface area (Å²) in [6.07, 6.45) is 3.94. The minimum Gasteiger partial charge on any atom is -0.342 e. The lowest BCUT2D eigenvalue weighted by molar-refractivity contribution is -0.137. The first-order valence-electron chi connectivity index (χ1n) is 6.11. The molecule has 0 saturated carbocycles. The van der Waals surface area contributed by atoms with Gasteiger partial charge in [0.2, 0.25) is 5.91 Å². The molecular weight excluding hydrogens is 238 g/mol. The molecule has 0 N–H and O–H groups in total. The summed E-state index contributed by atoms with van der Waals surface area (Å²) in [5, 5.41) is 0. The lowest BCUT2D eigenvalue weighted by Crippen LogP contribution is -2.42. The Bertz CT molecular complexity index is 399. The summed E-state index contributed by atoms with van der Waals surface area (Å²) in [6, 6.07) is 3.72. The number of hydrogen-bond acceptors (Lipinski definition) is 2. The van der Waals surface area contributed by atoms with E-state index in [0.29, 0.717) is 12.8 Å². The fraction of sp³-hybridized carbons (Fsp3) is 0.538. The van der Waals surface area contributed by atoms with Crippen LogP contribution in [0.2, 0.25) is 0 Å². The number of alkyl halides is 2. The van der Waals surface area contributed by atoms with Gasteiger partial charge in [-0.25, -0.2) is 8.78 Å². The van der Waals surface area contributed by atoms with Gasteiger partial charge in [0.25, 0.3) is 5.92 Å². The minimum atomic E-state index is -2.60. The number of carbonyl (C=O) groups excluding carboxylic acids is 1. The van der Waals surface area contributed by atoms with Crippen molar-refractivity contribution in [1.82, 2.24) is 9.88 Å². The first-order chi connectivity index (χ1) is 8.57. The number of halogens is 2. The van der Waals surface area contributed by atoms with E-state index in [2.05, 4.69) is 4.98 Å². The molecule has 0 bridgehead atoms. The zero-order valence-electron chi connectivity index (χ0n) is 10.1.